The number of hydrogen-bond donors (Lipinski definition) is 2. The highest BCUT2D eigenvalue weighted by Crippen LogP contribution is 2.29. The molecule has 0 bridgehead atoms. The van der Waals surface area contributed by atoms with Crippen molar-refractivity contribution < 1.29 is 14.6 Å². The molecule has 0 radical (unpaired) electrons. The Labute approximate surface area is 83.3 Å². The van der Waals surface area contributed by atoms with E-state index in [0.717, 1.165) is 5.56 Å². The third-order valence-electron chi connectivity index (χ3n) is 2.03. The van der Waals surface area contributed by atoms with E-state index in [2.05, 4.69) is 0 Å². The summed E-state index contributed by atoms with van der Waals surface area (Å²) in [7, 11) is 3.13. The van der Waals surface area contributed by atoms with E-state index in [-0.39, 0.29) is 12.6 Å². The van der Waals surface area contributed by atoms with Crippen molar-refractivity contribution in [1.29, 1.82) is 0 Å². The van der Waals surface area contributed by atoms with Crippen molar-refractivity contribution >= 4 is 0 Å². The highest BCUT2D eigenvalue weighted by atomic mass is 16.5. The minimum atomic E-state index is -0.380. The summed E-state index contributed by atoms with van der Waals surface area (Å²) in [6, 6.07) is 4.96. The van der Waals surface area contributed by atoms with Gasteiger partial charge >= 0.3 is 0 Å². The first-order valence-corrected chi connectivity index (χ1v) is 4.31. The van der Waals surface area contributed by atoms with Crippen LogP contribution in [0.2, 0.25) is 0 Å². The first-order chi connectivity index (χ1) is 6.72. The number of ether oxygens (including phenoxy) is 2. The van der Waals surface area contributed by atoms with E-state index >= 15 is 0 Å². The highest BCUT2D eigenvalue weighted by Gasteiger charge is 2.09. The largest absolute Gasteiger partial charge is 0.493 e. The zero-order valence-corrected chi connectivity index (χ0v) is 8.36. The van der Waals surface area contributed by atoms with Crippen LogP contribution in [0.5, 0.6) is 11.5 Å². The molecule has 0 unspecified atom stereocenters. The number of nitrogens with two attached hydrogens (primary N) is 1. The van der Waals surface area contributed by atoms with Crippen LogP contribution in [0.1, 0.15) is 11.6 Å². The predicted molar refractivity (Wildman–Crippen MR) is 53.6 cm³/mol. The lowest BCUT2D eigenvalue weighted by Gasteiger charge is -2.12. The van der Waals surface area contributed by atoms with Crippen LogP contribution in [0.15, 0.2) is 18.2 Å². The minimum absolute atomic E-state index is 0.0878. The molecule has 4 nitrogen and oxygen atoms in total. The molecule has 0 saturated carbocycles. The summed E-state index contributed by atoms with van der Waals surface area (Å²) >= 11 is 0. The molecule has 0 saturated heterocycles. The topological polar surface area (TPSA) is 64.7 Å². The van der Waals surface area contributed by atoms with Gasteiger partial charge in [-0.3, -0.25) is 0 Å². The molecule has 78 valence electrons. The third kappa shape index (κ3) is 2.16. The van der Waals surface area contributed by atoms with Crippen LogP contribution in [0.25, 0.3) is 0 Å². The molecule has 0 aliphatic carbocycles. The molecule has 4 heteroatoms. The molecule has 1 aromatic carbocycles. The number of rotatable bonds is 4. The summed E-state index contributed by atoms with van der Waals surface area (Å²) < 4.78 is 10.2. The van der Waals surface area contributed by atoms with Gasteiger partial charge in [-0.25, -0.2) is 0 Å². The van der Waals surface area contributed by atoms with E-state index in [1.165, 1.54) is 0 Å². The van der Waals surface area contributed by atoms with Crippen LogP contribution in [0.3, 0.4) is 0 Å². The van der Waals surface area contributed by atoms with Crippen molar-refractivity contribution in [2.75, 3.05) is 20.8 Å². The zero-order valence-electron chi connectivity index (χ0n) is 8.36. The van der Waals surface area contributed by atoms with E-state index in [1.807, 2.05) is 6.07 Å². The lowest BCUT2D eigenvalue weighted by molar-refractivity contribution is 0.267. The van der Waals surface area contributed by atoms with Gasteiger partial charge in [-0.2, -0.15) is 0 Å². The Kier molecular flexibility index (Phi) is 3.73. The molecule has 1 aromatic rings. The van der Waals surface area contributed by atoms with Crippen LogP contribution in [0.4, 0.5) is 0 Å². The maximum Gasteiger partial charge on any atom is 0.161 e. The summed E-state index contributed by atoms with van der Waals surface area (Å²) in [6.07, 6.45) is 0. The second-order valence-corrected chi connectivity index (χ2v) is 2.90. The molecule has 0 heterocycles. The average Bonchev–Trinajstić information content (AvgIpc) is 2.26. The van der Waals surface area contributed by atoms with Crippen molar-refractivity contribution in [3.8, 4) is 11.5 Å². The van der Waals surface area contributed by atoms with Gasteiger partial charge in [0, 0.05) is 0 Å². The SMILES string of the molecule is COc1ccc([C@H](N)CO)cc1OC. The number of aliphatic hydroxyl groups excluding tert-OH is 1. The lowest BCUT2D eigenvalue weighted by atomic mass is 10.1. The Bertz CT molecular complexity index is 301. The molecule has 0 amide bonds. The Hall–Kier alpha value is -1.26. The molecule has 3 N–H and O–H groups in total. The van der Waals surface area contributed by atoms with Crippen LogP contribution < -0.4 is 15.2 Å². The monoisotopic (exact) mass is 197 g/mol. The Balaban J connectivity index is 3.01. The molecule has 1 atom stereocenters. The number of hydrogen-bond acceptors (Lipinski definition) is 4. The number of methoxy groups -OCH3 is 2. The smallest absolute Gasteiger partial charge is 0.161 e. The average molecular weight is 197 g/mol. The molecule has 0 spiro atoms. The summed E-state index contributed by atoms with van der Waals surface area (Å²) in [6.45, 7) is -0.0878. The Morgan fingerprint density at radius 2 is 1.93 bits per heavy atom. The van der Waals surface area contributed by atoms with E-state index < -0.39 is 0 Å². The maximum absolute atomic E-state index is 8.88. The molecule has 0 aliphatic rings. The molecule has 1 rings (SSSR count). The molecule has 0 aliphatic heterocycles. The normalized spacial score (nSPS) is 12.3. The Morgan fingerprint density at radius 3 is 2.43 bits per heavy atom. The summed E-state index contributed by atoms with van der Waals surface area (Å²) in [5.74, 6) is 1.27. The van der Waals surface area contributed by atoms with Crippen molar-refractivity contribution in [2.45, 2.75) is 6.04 Å². The fourth-order valence-corrected chi connectivity index (χ4v) is 1.19. The van der Waals surface area contributed by atoms with Gasteiger partial charge in [-0.15, -0.1) is 0 Å². The second kappa shape index (κ2) is 4.83. The standard InChI is InChI=1S/C10H15NO3/c1-13-9-4-3-7(8(11)6-12)5-10(9)14-2/h3-5,8,12H,6,11H2,1-2H3/t8-/m1/s1. The van der Waals surface area contributed by atoms with Gasteiger partial charge in [0.1, 0.15) is 0 Å². The van der Waals surface area contributed by atoms with Gasteiger partial charge in [0.05, 0.1) is 26.9 Å². The molecule has 0 aromatic heterocycles. The minimum Gasteiger partial charge on any atom is -0.493 e. The van der Waals surface area contributed by atoms with Gasteiger partial charge in [-0.1, -0.05) is 6.07 Å². The molecule has 0 fully saturated rings. The van der Waals surface area contributed by atoms with Crippen molar-refractivity contribution in [2.24, 2.45) is 5.73 Å². The number of aliphatic hydroxyl groups is 1. The van der Waals surface area contributed by atoms with Gasteiger partial charge in [0.15, 0.2) is 11.5 Å². The van der Waals surface area contributed by atoms with Crippen molar-refractivity contribution in [1.82, 2.24) is 0 Å². The zero-order chi connectivity index (χ0) is 10.6. The van der Waals surface area contributed by atoms with E-state index in [1.54, 1.807) is 26.4 Å². The fraction of sp³-hybridized carbons (Fsp3) is 0.400. The highest BCUT2D eigenvalue weighted by molar-refractivity contribution is 5.43. The van der Waals surface area contributed by atoms with Crippen molar-refractivity contribution in [3.05, 3.63) is 23.8 Å². The van der Waals surface area contributed by atoms with Crippen LogP contribution in [0, 0.1) is 0 Å². The predicted octanol–water partition coefficient (Wildman–Crippen LogP) is 0.696. The van der Waals surface area contributed by atoms with Crippen LogP contribution >= 0.6 is 0 Å². The van der Waals surface area contributed by atoms with Crippen molar-refractivity contribution in [3.63, 3.8) is 0 Å². The molecular formula is C10H15NO3. The first kappa shape index (κ1) is 10.8. The fourth-order valence-electron chi connectivity index (χ4n) is 1.19. The number of benzene rings is 1. The maximum atomic E-state index is 8.88. The van der Waals surface area contributed by atoms with Gasteiger partial charge in [-0.05, 0) is 17.7 Å². The third-order valence-corrected chi connectivity index (χ3v) is 2.03. The van der Waals surface area contributed by atoms with Crippen LogP contribution in [-0.2, 0) is 0 Å². The quantitative estimate of drug-likeness (QED) is 0.745. The van der Waals surface area contributed by atoms with Gasteiger partial charge in [0.2, 0.25) is 0 Å². The van der Waals surface area contributed by atoms with E-state index in [0.29, 0.717) is 11.5 Å². The van der Waals surface area contributed by atoms with Crippen LogP contribution in [-0.4, -0.2) is 25.9 Å². The van der Waals surface area contributed by atoms with Gasteiger partial charge < -0.3 is 20.3 Å². The summed E-state index contributed by atoms with van der Waals surface area (Å²) in [5.41, 5.74) is 6.49. The summed E-state index contributed by atoms with van der Waals surface area (Å²) in [4.78, 5) is 0. The van der Waals surface area contributed by atoms with E-state index in [9.17, 15) is 0 Å². The first-order valence-electron chi connectivity index (χ1n) is 4.31. The Morgan fingerprint density at radius 1 is 1.29 bits per heavy atom. The lowest BCUT2D eigenvalue weighted by Crippen LogP contribution is -2.14. The molecule has 14 heavy (non-hydrogen) atoms. The second-order valence-electron chi connectivity index (χ2n) is 2.90. The summed E-state index contributed by atoms with van der Waals surface area (Å²) in [5, 5.41) is 8.88. The molecular weight excluding hydrogens is 182 g/mol. The van der Waals surface area contributed by atoms with Gasteiger partial charge in [0.25, 0.3) is 0 Å². The van der Waals surface area contributed by atoms with E-state index in [4.69, 9.17) is 20.3 Å².